The summed E-state index contributed by atoms with van der Waals surface area (Å²) in [7, 11) is 0. The lowest BCUT2D eigenvalue weighted by Gasteiger charge is -2.24. The fraction of sp³-hybridized carbons (Fsp3) is 0.500. The van der Waals surface area contributed by atoms with Crippen molar-refractivity contribution in [1.82, 2.24) is 10.6 Å². The first-order chi connectivity index (χ1) is 6.20. The number of carbonyl (C=O) groups is 2. The van der Waals surface area contributed by atoms with E-state index >= 15 is 0 Å². The molecule has 0 radical (unpaired) electrons. The minimum Gasteiger partial charge on any atom is -0.325 e. The smallest absolute Gasteiger partial charge is 0.322 e. The highest BCUT2D eigenvalue weighted by molar-refractivity contribution is 8.03. The average molecular weight is 198 g/mol. The lowest BCUT2D eigenvalue weighted by Crippen LogP contribution is -2.55. The van der Waals surface area contributed by atoms with Crippen molar-refractivity contribution in [2.75, 3.05) is 0 Å². The summed E-state index contributed by atoms with van der Waals surface area (Å²) < 4.78 is 0. The van der Waals surface area contributed by atoms with Crippen molar-refractivity contribution in [2.24, 2.45) is 5.92 Å². The summed E-state index contributed by atoms with van der Waals surface area (Å²) in [5.74, 6) is -0.373. The lowest BCUT2D eigenvalue weighted by atomic mass is 10.1. The fourth-order valence-electron chi connectivity index (χ4n) is 1.46. The van der Waals surface area contributed by atoms with Crippen molar-refractivity contribution < 1.29 is 9.59 Å². The highest BCUT2D eigenvalue weighted by Gasteiger charge is 2.38. The van der Waals surface area contributed by atoms with Crippen molar-refractivity contribution in [3.05, 3.63) is 11.0 Å². The van der Waals surface area contributed by atoms with E-state index in [0.29, 0.717) is 0 Å². The zero-order chi connectivity index (χ0) is 9.42. The quantitative estimate of drug-likeness (QED) is 0.655. The predicted molar refractivity (Wildman–Crippen MR) is 49.9 cm³/mol. The molecule has 0 aromatic heterocycles. The average Bonchev–Trinajstić information content (AvgIpc) is 2.47. The van der Waals surface area contributed by atoms with Gasteiger partial charge in [0, 0.05) is 0 Å². The number of fused-ring (bicyclic) bond motifs is 1. The summed E-state index contributed by atoms with van der Waals surface area (Å²) in [5.41, 5.74) is 0. The number of hydrogen-bond acceptors (Lipinski definition) is 3. The van der Waals surface area contributed by atoms with Crippen LogP contribution < -0.4 is 10.6 Å². The zero-order valence-electron chi connectivity index (χ0n) is 7.16. The van der Waals surface area contributed by atoms with Gasteiger partial charge in [-0.2, -0.15) is 0 Å². The molecule has 2 aliphatic heterocycles. The molecule has 1 saturated heterocycles. The van der Waals surface area contributed by atoms with Gasteiger partial charge in [-0.25, -0.2) is 4.79 Å². The molecule has 4 nitrogen and oxygen atoms in total. The zero-order valence-corrected chi connectivity index (χ0v) is 7.98. The molecule has 0 aromatic rings. The molecule has 2 heterocycles. The molecule has 1 fully saturated rings. The maximum absolute atomic E-state index is 11.3. The van der Waals surface area contributed by atoms with Crippen LogP contribution in [0, 0.1) is 5.92 Å². The van der Waals surface area contributed by atoms with Gasteiger partial charge in [0.25, 0.3) is 0 Å². The Morgan fingerprint density at radius 2 is 2.31 bits per heavy atom. The van der Waals surface area contributed by atoms with Crippen LogP contribution in [0.1, 0.15) is 13.3 Å². The molecule has 2 atom stereocenters. The van der Waals surface area contributed by atoms with E-state index < -0.39 is 0 Å². The molecular weight excluding hydrogens is 188 g/mol. The number of carbonyl (C=O) groups excluding carboxylic acids is 2. The van der Waals surface area contributed by atoms with E-state index in [9.17, 15) is 9.59 Å². The van der Waals surface area contributed by atoms with Crippen LogP contribution >= 0.6 is 11.8 Å². The van der Waals surface area contributed by atoms with Crippen molar-refractivity contribution >= 4 is 23.7 Å². The summed E-state index contributed by atoms with van der Waals surface area (Å²) in [6.45, 7) is 2.04. The molecule has 70 valence electrons. The third kappa shape index (κ3) is 1.44. The van der Waals surface area contributed by atoms with Gasteiger partial charge >= 0.3 is 6.03 Å². The number of hydrogen-bond donors (Lipinski definition) is 2. The Hall–Kier alpha value is -0.970. The molecule has 2 unspecified atom stereocenters. The Bertz CT molecular complexity index is 301. The van der Waals surface area contributed by atoms with Gasteiger partial charge in [-0.3, -0.25) is 10.1 Å². The van der Waals surface area contributed by atoms with Crippen LogP contribution in [0.2, 0.25) is 0 Å². The molecule has 2 aliphatic rings. The molecule has 0 aromatic carbocycles. The van der Waals surface area contributed by atoms with Gasteiger partial charge < -0.3 is 5.32 Å². The molecule has 3 amide bonds. The SMILES string of the molecule is CCC1=CC2C(=O)NC(=O)NC2S1. The summed E-state index contributed by atoms with van der Waals surface area (Å²) in [6.07, 6.45) is 2.85. The summed E-state index contributed by atoms with van der Waals surface area (Å²) in [5, 5.41) is 4.87. The molecule has 0 aliphatic carbocycles. The third-order valence-corrected chi connectivity index (χ3v) is 3.52. The van der Waals surface area contributed by atoms with Gasteiger partial charge in [0.15, 0.2) is 0 Å². The summed E-state index contributed by atoms with van der Waals surface area (Å²) >= 11 is 1.57. The van der Waals surface area contributed by atoms with Gasteiger partial charge in [-0.1, -0.05) is 13.0 Å². The first-order valence-corrected chi connectivity index (χ1v) is 5.07. The van der Waals surface area contributed by atoms with E-state index in [1.54, 1.807) is 11.8 Å². The number of rotatable bonds is 1. The first-order valence-electron chi connectivity index (χ1n) is 4.19. The largest absolute Gasteiger partial charge is 0.325 e. The molecule has 5 heteroatoms. The van der Waals surface area contributed by atoms with Crippen molar-refractivity contribution in [1.29, 1.82) is 0 Å². The van der Waals surface area contributed by atoms with Crippen molar-refractivity contribution in [2.45, 2.75) is 18.7 Å². The minimum atomic E-state index is -0.385. The standard InChI is InChI=1S/C8H10N2O2S/c1-2-4-3-5-6(11)9-8(12)10-7(5)13-4/h3,5,7H,2H2,1H3,(H2,9,10,11,12). The maximum atomic E-state index is 11.3. The second-order valence-corrected chi connectivity index (χ2v) is 4.28. The molecule has 2 N–H and O–H groups in total. The van der Waals surface area contributed by atoms with Crippen LogP contribution in [0.25, 0.3) is 0 Å². The number of imide groups is 1. The highest BCUT2D eigenvalue weighted by atomic mass is 32.2. The summed E-state index contributed by atoms with van der Waals surface area (Å²) in [4.78, 5) is 23.4. The van der Waals surface area contributed by atoms with E-state index in [1.807, 2.05) is 13.0 Å². The van der Waals surface area contributed by atoms with Crippen LogP contribution in [0.5, 0.6) is 0 Å². The number of amides is 3. The summed E-state index contributed by atoms with van der Waals surface area (Å²) in [6, 6.07) is -0.385. The van der Waals surface area contributed by atoms with E-state index in [-0.39, 0.29) is 23.2 Å². The molecule has 0 saturated carbocycles. The molecule has 0 spiro atoms. The second-order valence-electron chi connectivity index (χ2n) is 3.01. The van der Waals surface area contributed by atoms with Crippen LogP contribution in [-0.2, 0) is 4.79 Å². The first kappa shape index (κ1) is 8.62. The van der Waals surface area contributed by atoms with E-state index in [1.165, 1.54) is 4.91 Å². The topological polar surface area (TPSA) is 58.2 Å². The molecule has 0 bridgehead atoms. The minimum absolute atomic E-state index is 0.0869. The van der Waals surface area contributed by atoms with E-state index in [4.69, 9.17) is 0 Å². The fourth-order valence-corrected chi connectivity index (χ4v) is 2.69. The third-order valence-electron chi connectivity index (χ3n) is 2.13. The van der Waals surface area contributed by atoms with Crippen LogP contribution in [0.3, 0.4) is 0 Å². The Labute approximate surface area is 80.1 Å². The van der Waals surface area contributed by atoms with Crippen LogP contribution in [-0.4, -0.2) is 17.3 Å². The van der Waals surface area contributed by atoms with Crippen LogP contribution in [0.15, 0.2) is 11.0 Å². The normalized spacial score (nSPS) is 31.9. The van der Waals surface area contributed by atoms with Gasteiger partial charge in [-0.15, -0.1) is 11.8 Å². The predicted octanol–water partition coefficient (Wildman–Crippen LogP) is 0.809. The van der Waals surface area contributed by atoms with Gasteiger partial charge in [0.05, 0.1) is 11.3 Å². The molecule has 2 rings (SSSR count). The Morgan fingerprint density at radius 3 is 3.00 bits per heavy atom. The second kappa shape index (κ2) is 3.06. The Kier molecular flexibility index (Phi) is 2.03. The van der Waals surface area contributed by atoms with Crippen molar-refractivity contribution in [3.8, 4) is 0 Å². The molecular formula is C8H10N2O2S. The van der Waals surface area contributed by atoms with E-state index in [0.717, 1.165) is 6.42 Å². The van der Waals surface area contributed by atoms with Gasteiger partial charge in [0.2, 0.25) is 5.91 Å². The maximum Gasteiger partial charge on any atom is 0.322 e. The lowest BCUT2D eigenvalue weighted by molar-refractivity contribution is -0.123. The Morgan fingerprint density at radius 1 is 1.54 bits per heavy atom. The number of allylic oxidation sites excluding steroid dienone is 1. The van der Waals surface area contributed by atoms with Gasteiger partial charge in [0.1, 0.15) is 0 Å². The number of urea groups is 1. The van der Waals surface area contributed by atoms with Crippen molar-refractivity contribution in [3.63, 3.8) is 0 Å². The van der Waals surface area contributed by atoms with Gasteiger partial charge in [-0.05, 0) is 11.3 Å². The molecule has 13 heavy (non-hydrogen) atoms. The number of nitrogens with one attached hydrogen (secondary N) is 2. The highest BCUT2D eigenvalue weighted by Crippen LogP contribution is 2.37. The van der Waals surface area contributed by atoms with E-state index in [2.05, 4.69) is 10.6 Å². The monoisotopic (exact) mass is 198 g/mol. The number of thioether (sulfide) groups is 1. The Balaban J connectivity index is 2.18. The van der Waals surface area contributed by atoms with Crippen LogP contribution in [0.4, 0.5) is 4.79 Å².